The summed E-state index contributed by atoms with van der Waals surface area (Å²) in [5, 5.41) is 3.87. The van der Waals surface area contributed by atoms with Crippen LogP contribution in [0.15, 0.2) is 46.9 Å². The third kappa shape index (κ3) is 3.45. The molecule has 2 aromatic rings. The Balaban J connectivity index is 2.07. The summed E-state index contributed by atoms with van der Waals surface area (Å²) in [4.78, 5) is 0. The molecule has 88 valence electrons. The third-order valence-corrected chi connectivity index (χ3v) is 3.15. The Morgan fingerprint density at radius 2 is 1.82 bits per heavy atom. The van der Waals surface area contributed by atoms with E-state index in [0.29, 0.717) is 11.6 Å². The minimum absolute atomic E-state index is 0.228. The predicted octanol–water partition coefficient (Wildman–Crippen LogP) is 4.85. The summed E-state index contributed by atoms with van der Waals surface area (Å²) < 4.78 is 13.7. The smallest absolute Gasteiger partial charge is 0.123 e. The molecule has 1 N–H and O–H groups in total. The molecule has 0 saturated carbocycles. The monoisotopic (exact) mass is 313 g/mol. The first-order valence-corrected chi connectivity index (χ1v) is 6.25. The van der Waals surface area contributed by atoms with Crippen molar-refractivity contribution in [1.29, 1.82) is 0 Å². The van der Waals surface area contributed by atoms with Gasteiger partial charge in [-0.1, -0.05) is 39.7 Å². The quantitative estimate of drug-likeness (QED) is 0.853. The highest BCUT2D eigenvalue weighted by molar-refractivity contribution is 9.10. The molecule has 0 aliphatic carbocycles. The maximum atomic E-state index is 12.7. The van der Waals surface area contributed by atoms with Gasteiger partial charge in [0.2, 0.25) is 0 Å². The highest BCUT2D eigenvalue weighted by Gasteiger charge is 2.01. The molecule has 2 aromatic carbocycles. The number of hydrogen-bond acceptors (Lipinski definition) is 1. The summed E-state index contributed by atoms with van der Waals surface area (Å²) in [6.07, 6.45) is 0. The number of nitrogens with one attached hydrogen (secondary N) is 1. The van der Waals surface area contributed by atoms with Gasteiger partial charge in [0.25, 0.3) is 0 Å². The Hall–Kier alpha value is -1.06. The standard InChI is InChI=1S/C13H10BrClFN/c14-10-3-6-12(15)13(7-10)17-8-9-1-4-11(16)5-2-9/h1-7,17H,8H2. The van der Waals surface area contributed by atoms with Crippen molar-refractivity contribution in [3.8, 4) is 0 Å². The second-order valence-electron chi connectivity index (χ2n) is 3.60. The molecule has 4 heteroatoms. The third-order valence-electron chi connectivity index (χ3n) is 2.32. The lowest BCUT2D eigenvalue weighted by Crippen LogP contribution is -1.99. The molecule has 0 aliphatic heterocycles. The molecule has 2 rings (SSSR count). The van der Waals surface area contributed by atoms with Gasteiger partial charge in [-0.15, -0.1) is 0 Å². The van der Waals surface area contributed by atoms with Gasteiger partial charge in [0.1, 0.15) is 5.82 Å². The van der Waals surface area contributed by atoms with Gasteiger partial charge in [0.05, 0.1) is 10.7 Å². The van der Waals surface area contributed by atoms with Crippen LogP contribution in [0.1, 0.15) is 5.56 Å². The Kier molecular flexibility index (Phi) is 4.02. The minimum atomic E-state index is -0.228. The van der Waals surface area contributed by atoms with Crippen LogP contribution in [0.5, 0.6) is 0 Å². The lowest BCUT2D eigenvalue weighted by atomic mass is 10.2. The molecule has 17 heavy (non-hydrogen) atoms. The molecule has 1 nitrogen and oxygen atoms in total. The Morgan fingerprint density at radius 3 is 2.53 bits per heavy atom. The first-order valence-electron chi connectivity index (χ1n) is 5.08. The summed E-state index contributed by atoms with van der Waals surface area (Å²) in [5.74, 6) is -0.228. The first-order chi connectivity index (χ1) is 8.15. The highest BCUT2D eigenvalue weighted by atomic mass is 79.9. The molecule has 0 heterocycles. The SMILES string of the molecule is Fc1ccc(CNc2cc(Br)ccc2Cl)cc1. The second-order valence-corrected chi connectivity index (χ2v) is 4.93. The maximum Gasteiger partial charge on any atom is 0.123 e. The van der Waals surface area contributed by atoms with E-state index in [1.165, 1.54) is 12.1 Å². The molecular formula is C13H10BrClFN. The summed E-state index contributed by atoms with van der Waals surface area (Å²) in [5.41, 5.74) is 1.85. The summed E-state index contributed by atoms with van der Waals surface area (Å²) >= 11 is 9.43. The van der Waals surface area contributed by atoms with E-state index in [0.717, 1.165) is 15.7 Å². The maximum absolute atomic E-state index is 12.7. The van der Waals surface area contributed by atoms with Crippen molar-refractivity contribution in [2.45, 2.75) is 6.54 Å². The highest BCUT2D eigenvalue weighted by Crippen LogP contribution is 2.26. The first kappa shape index (κ1) is 12.4. The van der Waals surface area contributed by atoms with Crippen molar-refractivity contribution in [1.82, 2.24) is 0 Å². The minimum Gasteiger partial charge on any atom is -0.380 e. The molecule has 0 spiro atoms. The fraction of sp³-hybridized carbons (Fsp3) is 0.0769. The van der Waals surface area contributed by atoms with Crippen LogP contribution in [-0.4, -0.2) is 0 Å². The van der Waals surface area contributed by atoms with Crippen molar-refractivity contribution in [2.24, 2.45) is 0 Å². The molecule has 0 aromatic heterocycles. The number of halogens is 3. The molecule has 0 unspecified atom stereocenters. The second kappa shape index (κ2) is 5.52. The molecule has 0 bridgehead atoms. The van der Waals surface area contributed by atoms with E-state index in [1.807, 2.05) is 18.2 Å². The van der Waals surface area contributed by atoms with E-state index in [2.05, 4.69) is 21.2 Å². The van der Waals surface area contributed by atoms with Crippen LogP contribution in [0.3, 0.4) is 0 Å². The molecule has 0 atom stereocenters. The summed E-state index contributed by atoms with van der Waals surface area (Å²) in [6.45, 7) is 0.608. The molecule has 0 saturated heterocycles. The fourth-order valence-electron chi connectivity index (χ4n) is 1.43. The average Bonchev–Trinajstić information content (AvgIpc) is 2.32. The van der Waals surface area contributed by atoms with Gasteiger partial charge in [0, 0.05) is 11.0 Å². The van der Waals surface area contributed by atoms with Gasteiger partial charge in [-0.3, -0.25) is 0 Å². The van der Waals surface area contributed by atoms with Crippen LogP contribution < -0.4 is 5.32 Å². The predicted molar refractivity (Wildman–Crippen MR) is 72.9 cm³/mol. The van der Waals surface area contributed by atoms with Crippen molar-refractivity contribution in [3.05, 3.63) is 63.3 Å². The van der Waals surface area contributed by atoms with Gasteiger partial charge in [0.15, 0.2) is 0 Å². The number of benzene rings is 2. The summed E-state index contributed by atoms with van der Waals surface area (Å²) in [6, 6.07) is 12.0. The van der Waals surface area contributed by atoms with E-state index in [4.69, 9.17) is 11.6 Å². The Morgan fingerprint density at radius 1 is 1.12 bits per heavy atom. The zero-order valence-corrected chi connectivity index (χ0v) is 11.2. The normalized spacial score (nSPS) is 10.3. The average molecular weight is 315 g/mol. The van der Waals surface area contributed by atoms with Crippen LogP contribution in [-0.2, 0) is 6.54 Å². The molecule has 0 radical (unpaired) electrons. The van der Waals surface area contributed by atoms with Gasteiger partial charge in [-0.05, 0) is 35.9 Å². The van der Waals surface area contributed by atoms with E-state index >= 15 is 0 Å². The van der Waals surface area contributed by atoms with Gasteiger partial charge in [-0.25, -0.2) is 4.39 Å². The van der Waals surface area contributed by atoms with E-state index in [1.54, 1.807) is 12.1 Å². The number of rotatable bonds is 3. The lowest BCUT2D eigenvalue weighted by Gasteiger charge is -2.08. The largest absolute Gasteiger partial charge is 0.380 e. The number of anilines is 1. The van der Waals surface area contributed by atoms with Crippen LogP contribution in [0.2, 0.25) is 5.02 Å². The topological polar surface area (TPSA) is 12.0 Å². The fourth-order valence-corrected chi connectivity index (χ4v) is 1.98. The van der Waals surface area contributed by atoms with Crippen molar-refractivity contribution >= 4 is 33.2 Å². The molecular weight excluding hydrogens is 305 g/mol. The van der Waals surface area contributed by atoms with Crippen molar-refractivity contribution in [2.75, 3.05) is 5.32 Å². The molecule has 0 fully saturated rings. The van der Waals surface area contributed by atoms with Crippen LogP contribution >= 0.6 is 27.5 Å². The Bertz CT molecular complexity index is 513. The van der Waals surface area contributed by atoms with E-state index in [-0.39, 0.29) is 5.82 Å². The molecule has 0 aliphatic rings. The van der Waals surface area contributed by atoms with E-state index < -0.39 is 0 Å². The summed E-state index contributed by atoms with van der Waals surface area (Å²) in [7, 11) is 0. The number of hydrogen-bond donors (Lipinski definition) is 1. The van der Waals surface area contributed by atoms with Gasteiger partial charge in [-0.2, -0.15) is 0 Å². The Labute approximate surface area is 113 Å². The van der Waals surface area contributed by atoms with Gasteiger partial charge >= 0.3 is 0 Å². The lowest BCUT2D eigenvalue weighted by molar-refractivity contribution is 0.627. The van der Waals surface area contributed by atoms with Gasteiger partial charge < -0.3 is 5.32 Å². The van der Waals surface area contributed by atoms with Crippen LogP contribution in [0.25, 0.3) is 0 Å². The van der Waals surface area contributed by atoms with E-state index in [9.17, 15) is 4.39 Å². The van der Waals surface area contributed by atoms with Crippen LogP contribution in [0, 0.1) is 5.82 Å². The zero-order chi connectivity index (χ0) is 12.3. The van der Waals surface area contributed by atoms with Crippen LogP contribution in [0.4, 0.5) is 10.1 Å². The molecule has 0 amide bonds. The zero-order valence-electron chi connectivity index (χ0n) is 8.88. The van der Waals surface area contributed by atoms with Crippen molar-refractivity contribution in [3.63, 3.8) is 0 Å². The van der Waals surface area contributed by atoms with Crippen molar-refractivity contribution < 1.29 is 4.39 Å².